The molecule has 0 saturated heterocycles. The van der Waals surface area contributed by atoms with Gasteiger partial charge in [-0.3, -0.25) is 9.59 Å². The third-order valence-corrected chi connectivity index (χ3v) is 4.48. The molecule has 0 aliphatic carbocycles. The van der Waals surface area contributed by atoms with Crippen LogP contribution in [-0.4, -0.2) is 35.5 Å². The van der Waals surface area contributed by atoms with E-state index in [4.69, 9.17) is 9.47 Å². The maximum Gasteiger partial charge on any atom is 0.311 e. The van der Waals surface area contributed by atoms with E-state index in [9.17, 15) is 14.0 Å². The number of hydrogen-bond donors (Lipinski definition) is 0. The number of ether oxygens (including phenoxy) is 2. The molecule has 0 aliphatic rings. The minimum Gasteiger partial charge on any atom is -0.494 e. The van der Waals surface area contributed by atoms with Crippen LogP contribution in [0.15, 0.2) is 48.5 Å². The maximum atomic E-state index is 13.8. The Kier molecular flexibility index (Phi) is 7.37. The molecule has 6 heteroatoms. The van der Waals surface area contributed by atoms with Crippen LogP contribution in [0.2, 0.25) is 0 Å². The van der Waals surface area contributed by atoms with Gasteiger partial charge in [-0.05, 0) is 51.0 Å². The SMILES string of the molecule is COc1ccc(CC(=O)O[C@@H](C)C(=O)N(Cc2ccccc2)C(C)(C)C)cc1F. The lowest BCUT2D eigenvalue weighted by molar-refractivity contribution is -0.161. The van der Waals surface area contributed by atoms with Crippen LogP contribution in [0.25, 0.3) is 0 Å². The van der Waals surface area contributed by atoms with Crippen molar-refractivity contribution >= 4 is 11.9 Å². The number of carbonyl (C=O) groups excluding carboxylic acids is 2. The molecule has 0 radical (unpaired) electrons. The van der Waals surface area contributed by atoms with Gasteiger partial charge in [0.05, 0.1) is 13.5 Å². The van der Waals surface area contributed by atoms with E-state index in [1.165, 1.54) is 19.2 Å². The van der Waals surface area contributed by atoms with E-state index in [0.29, 0.717) is 12.1 Å². The minimum absolute atomic E-state index is 0.104. The van der Waals surface area contributed by atoms with Crippen molar-refractivity contribution in [2.45, 2.75) is 52.3 Å². The Bertz CT molecular complexity index is 846. The first-order valence-corrected chi connectivity index (χ1v) is 9.49. The van der Waals surface area contributed by atoms with Crippen molar-refractivity contribution in [1.29, 1.82) is 0 Å². The predicted molar refractivity (Wildman–Crippen MR) is 109 cm³/mol. The number of halogens is 1. The van der Waals surface area contributed by atoms with Crippen molar-refractivity contribution in [3.8, 4) is 5.75 Å². The summed E-state index contributed by atoms with van der Waals surface area (Å²) in [6.07, 6.45) is -1.08. The number of methoxy groups -OCH3 is 1. The molecule has 2 rings (SSSR count). The van der Waals surface area contributed by atoms with Crippen LogP contribution in [0.1, 0.15) is 38.8 Å². The number of carbonyl (C=O) groups is 2. The van der Waals surface area contributed by atoms with Crippen molar-refractivity contribution in [2.75, 3.05) is 7.11 Å². The monoisotopic (exact) mass is 401 g/mol. The van der Waals surface area contributed by atoms with Gasteiger partial charge in [-0.15, -0.1) is 0 Å². The van der Waals surface area contributed by atoms with Crippen LogP contribution < -0.4 is 4.74 Å². The van der Waals surface area contributed by atoms with Crippen LogP contribution in [0.3, 0.4) is 0 Å². The molecule has 0 bridgehead atoms. The summed E-state index contributed by atoms with van der Waals surface area (Å²) in [5, 5.41) is 0. The Labute approximate surface area is 171 Å². The fourth-order valence-electron chi connectivity index (χ4n) is 2.91. The standard InChI is InChI=1S/C23H28FNO4/c1-16(29-21(26)14-18-11-12-20(28-5)19(24)13-18)22(27)25(23(2,3)4)15-17-9-7-6-8-10-17/h6-13,16H,14-15H2,1-5H3/t16-/m0/s1. The van der Waals surface area contributed by atoms with E-state index < -0.39 is 23.4 Å². The van der Waals surface area contributed by atoms with Crippen molar-refractivity contribution in [3.05, 3.63) is 65.5 Å². The molecule has 5 nitrogen and oxygen atoms in total. The highest BCUT2D eigenvalue weighted by molar-refractivity contribution is 5.84. The quantitative estimate of drug-likeness (QED) is 0.655. The summed E-state index contributed by atoms with van der Waals surface area (Å²) < 4.78 is 24.0. The van der Waals surface area contributed by atoms with Gasteiger partial charge in [-0.1, -0.05) is 36.4 Å². The fourth-order valence-corrected chi connectivity index (χ4v) is 2.91. The van der Waals surface area contributed by atoms with Gasteiger partial charge in [-0.25, -0.2) is 4.39 Å². The van der Waals surface area contributed by atoms with Gasteiger partial charge >= 0.3 is 5.97 Å². The second-order valence-electron chi connectivity index (χ2n) is 7.86. The van der Waals surface area contributed by atoms with E-state index in [1.807, 2.05) is 51.1 Å². The summed E-state index contributed by atoms with van der Waals surface area (Å²) in [6, 6.07) is 13.9. The predicted octanol–water partition coefficient (Wildman–Crippen LogP) is 4.14. The van der Waals surface area contributed by atoms with Gasteiger partial charge in [0, 0.05) is 12.1 Å². The normalized spacial score (nSPS) is 12.2. The highest BCUT2D eigenvalue weighted by Gasteiger charge is 2.31. The van der Waals surface area contributed by atoms with Crippen molar-refractivity contribution in [1.82, 2.24) is 4.90 Å². The molecule has 1 atom stereocenters. The molecule has 29 heavy (non-hydrogen) atoms. The van der Waals surface area contributed by atoms with Gasteiger partial charge in [0.25, 0.3) is 5.91 Å². The van der Waals surface area contributed by atoms with Gasteiger partial charge in [-0.2, -0.15) is 0 Å². The summed E-state index contributed by atoms with van der Waals surface area (Å²) in [6.45, 7) is 7.76. The van der Waals surface area contributed by atoms with E-state index in [0.717, 1.165) is 5.56 Å². The molecule has 0 saturated carbocycles. The van der Waals surface area contributed by atoms with Crippen molar-refractivity contribution in [3.63, 3.8) is 0 Å². The first-order chi connectivity index (χ1) is 13.6. The summed E-state index contributed by atoms with van der Waals surface area (Å²) in [7, 11) is 1.37. The number of esters is 1. The molecule has 0 N–H and O–H groups in total. The summed E-state index contributed by atoms with van der Waals surface area (Å²) >= 11 is 0. The smallest absolute Gasteiger partial charge is 0.311 e. The van der Waals surface area contributed by atoms with E-state index in [-0.39, 0.29) is 18.1 Å². The van der Waals surface area contributed by atoms with Crippen LogP contribution in [-0.2, 0) is 27.3 Å². The summed E-state index contributed by atoms with van der Waals surface area (Å²) in [5.74, 6) is -1.32. The molecular weight excluding hydrogens is 373 g/mol. The Balaban J connectivity index is 2.04. The molecule has 0 fully saturated rings. The average molecular weight is 401 g/mol. The van der Waals surface area contributed by atoms with Crippen LogP contribution >= 0.6 is 0 Å². The van der Waals surface area contributed by atoms with Gasteiger partial charge in [0.2, 0.25) is 0 Å². The van der Waals surface area contributed by atoms with E-state index in [2.05, 4.69) is 0 Å². The molecule has 0 aliphatic heterocycles. The van der Waals surface area contributed by atoms with Gasteiger partial charge < -0.3 is 14.4 Å². The van der Waals surface area contributed by atoms with Gasteiger partial charge in [0.1, 0.15) is 0 Å². The average Bonchev–Trinajstić information content (AvgIpc) is 2.65. The molecule has 156 valence electrons. The lowest BCUT2D eigenvalue weighted by atomic mass is 10.0. The Morgan fingerprint density at radius 3 is 2.28 bits per heavy atom. The third-order valence-electron chi connectivity index (χ3n) is 4.48. The topological polar surface area (TPSA) is 55.8 Å². The Morgan fingerprint density at radius 1 is 1.07 bits per heavy atom. The van der Waals surface area contributed by atoms with Crippen LogP contribution in [0.5, 0.6) is 5.75 Å². The fraction of sp³-hybridized carbons (Fsp3) is 0.391. The van der Waals surface area contributed by atoms with E-state index in [1.54, 1.807) is 17.9 Å². The first-order valence-electron chi connectivity index (χ1n) is 9.49. The van der Waals surface area contributed by atoms with Crippen LogP contribution in [0.4, 0.5) is 4.39 Å². The van der Waals surface area contributed by atoms with Crippen molar-refractivity contribution < 1.29 is 23.5 Å². The first kappa shape index (κ1) is 22.4. The highest BCUT2D eigenvalue weighted by atomic mass is 19.1. The minimum atomic E-state index is -0.950. The number of amides is 1. The number of rotatable bonds is 7. The third kappa shape index (κ3) is 6.31. The molecule has 0 spiro atoms. The number of nitrogens with zero attached hydrogens (tertiary/aromatic N) is 1. The number of benzene rings is 2. The van der Waals surface area contributed by atoms with Crippen molar-refractivity contribution in [2.24, 2.45) is 0 Å². The number of hydrogen-bond acceptors (Lipinski definition) is 4. The second kappa shape index (κ2) is 9.54. The van der Waals surface area contributed by atoms with Gasteiger partial charge in [0.15, 0.2) is 17.7 Å². The second-order valence-corrected chi connectivity index (χ2v) is 7.86. The zero-order chi connectivity index (χ0) is 21.6. The maximum absolute atomic E-state index is 13.8. The molecule has 1 amide bonds. The summed E-state index contributed by atoms with van der Waals surface area (Å²) in [5.41, 5.74) is 0.986. The van der Waals surface area contributed by atoms with E-state index >= 15 is 0 Å². The molecular formula is C23H28FNO4. The molecule has 0 aromatic heterocycles. The molecule has 2 aromatic carbocycles. The zero-order valence-electron chi connectivity index (χ0n) is 17.6. The zero-order valence-corrected chi connectivity index (χ0v) is 17.6. The summed E-state index contributed by atoms with van der Waals surface area (Å²) in [4.78, 5) is 27.0. The molecule has 0 heterocycles. The Morgan fingerprint density at radius 2 is 1.72 bits per heavy atom. The lowest BCUT2D eigenvalue weighted by Gasteiger charge is -2.37. The Hall–Kier alpha value is -2.89. The van der Waals surface area contributed by atoms with Crippen LogP contribution in [0, 0.1) is 5.82 Å². The largest absolute Gasteiger partial charge is 0.494 e. The molecule has 2 aromatic rings. The highest BCUT2D eigenvalue weighted by Crippen LogP contribution is 2.21. The lowest BCUT2D eigenvalue weighted by Crippen LogP contribution is -2.49. The molecule has 0 unspecified atom stereocenters.